The topological polar surface area (TPSA) is 9.23 Å². The predicted octanol–water partition coefficient (Wildman–Crippen LogP) is 0.464. The van der Waals surface area contributed by atoms with Crippen LogP contribution in [0.1, 0.15) is 13.3 Å². The second-order valence-electron chi connectivity index (χ2n) is 0.993. The lowest BCUT2D eigenvalue weighted by molar-refractivity contribution is 0.346. The molecule has 0 aromatic rings. The van der Waals surface area contributed by atoms with E-state index in [9.17, 15) is 0 Å². The molecule has 0 bridgehead atoms. The summed E-state index contributed by atoms with van der Waals surface area (Å²) in [5, 5.41) is 0. The summed E-state index contributed by atoms with van der Waals surface area (Å²) in [4.78, 5) is 0. The van der Waals surface area contributed by atoms with Gasteiger partial charge in [0, 0.05) is 0 Å². The molecule has 0 N–H and O–H groups in total. The summed E-state index contributed by atoms with van der Waals surface area (Å²) < 4.78 is 4.90. The van der Waals surface area contributed by atoms with Crippen molar-refractivity contribution in [2.45, 2.75) is 13.3 Å². The fraction of sp³-hybridized carbons (Fsp3) is 0.750. The zero-order chi connectivity index (χ0) is 4.83. The Kier molecular flexibility index (Phi) is 4.79. The van der Waals surface area contributed by atoms with Gasteiger partial charge in [0.1, 0.15) is 0 Å². The Bertz CT molecular complexity index is 36.5. The van der Waals surface area contributed by atoms with Crippen molar-refractivity contribution in [3.63, 3.8) is 0 Å². The molecule has 0 amide bonds. The Balaban J connectivity index is 2.49. The van der Waals surface area contributed by atoms with Gasteiger partial charge in [0.15, 0.2) is 0 Å². The number of hydrogen-bond donors (Lipinski definition) is 0. The molecule has 0 aliphatic rings. The SMILES string of the molecule is C=[Si]OCCC. The molecule has 0 rings (SSSR count). The van der Waals surface area contributed by atoms with Gasteiger partial charge in [0.05, 0.1) is 6.61 Å². The standard InChI is InChI=1S/C4H9OSi/c1-3-4-5-6-2/h2-4H2,1H3. The summed E-state index contributed by atoms with van der Waals surface area (Å²) in [6, 6.07) is 0. The van der Waals surface area contributed by atoms with E-state index in [-0.39, 0.29) is 0 Å². The third kappa shape index (κ3) is 3.89. The first-order valence-electron chi connectivity index (χ1n) is 2.05. The monoisotopic (exact) mass is 101 g/mol. The second-order valence-corrected chi connectivity index (χ2v) is 1.57. The molecular weight excluding hydrogens is 92.1 g/mol. The minimum absolute atomic E-state index is 0.415. The van der Waals surface area contributed by atoms with Gasteiger partial charge < -0.3 is 4.43 Å². The maximum atomic E-state index is 4.90. The van der Waals surface area contributed by atoms with Crippen LogP contribution in [0.15, 0.2) is 0 Å². The van der Waals surface area contributed by atoms with E-state index in [1.54, 1.807) is 0 Å². The van der Waals surface area contributed by atoms with Crippen molar-refractivity contribution < 1.29 is 4.43 Å². The smallest absolute Gasteiger partial charge is 0.273 e. The van der Waals surface area contributed by atoms with Crippen LogP contribution in [0.4, 0.5) is 0 Å². The maximum absolute atomic E-state index is 4.90. The Labute approximate surface area is 40.9 Å². The third-order valence-corrected chi connectivity index (χ3v) is 0.816. The van der Waals surface area contributed by atoms with Crippen molar-refractivity contribution >= 4 is 15.6 Å². The van der Waals surface area contributed by atoms with E-state index in [0.717, 1.165) is 13.0 Å². The molecule has 0 fully saturated rings. The average molecular weight is 101 g/mol. The molecule has 0 aliphatic carbocycles. The van der Waals surface area contributed by atoms with Gasteiger partial charge in [0.25, 0.3) is 9.38 Å². The highest BCUT2D eigenvalue weighted by atomic mass is 28.2. The van der Waals surface area contributed by atoms with Crippen LogP contribution in [0.5, 0.6) is 0 Å². The van der Waals surface area contributed by atoms with Crippen molar-refractivity contribution in [2.75, 3.05) is 6.61 Å². The van der Waals surface area contributed by atoms with Crippen LogP contribution in [-0.4, -0.2) is 22.2 Å². The predicted molar refractivity (Wildman–Crippen MR) is 29.1 cm³/mol. The maximum Gasteiger partial charge on any atom is 0.273 e. The van der Waals surface area contributed by atoms with Crippen molar-refractivity contribution in [2.24, 2.45) is 0 Å². The minimum atomic E-state index is 0.415. The molecule has 0 aromatic carbocycles. The van der Waals surface area contributed by atoms with Gasteiger partial charge in [-0.1, -0.05) is 13.1 Å². The Morgan fingerprint density at radius 1 is 1.83 bits per heavy atom. The number of rotatable bonds is 3. The average Bonchev–Trinajstić information content (AvgIpc) is 1.61. The minimum Gasteiger partial charge on any atom is -0.548 e. The molecule has 1 nitrogen and oxygen atoms in total. The second kappa shape index (κ2) is 4.89. The summed E-state index contributed by atoms with van der Waals surface area (Å²) in [6.07, 6.45) is 4.63. The van der Waals surface area contributed by atoms with Gasteiger partial charge in [-0.25, -0.2) is 0 Å². The van der Waals surface area contributed by atoms with Crippen LogP contribution in [-0.2, 0) is 4.43 Å². The van der Waals surface area contributed by atoms with Gasteiger partial charge in [-0.3, -0.25) is 0 Å². The highest BCUT2D eigenvalue weighted by Crippen LogP contribution is 1.71. The van der Waals surface area contributed by atoms with E-state index in [1.807, 2.05) is 0 Å². The van der Waals surface area contributed by atoms with E-state index in [2.05, 4.69) is 13.1 Å². The molecule has 0 atom stereocenters. The fourth-order valence-electron chi connectivity index (χ4n) is 0.174. The normalized spacial score (nSPS) is 7.50. The molecule has 0 spiro atoms. The van der Waals surface area contributed by atoms with E-state index < -0.39 is 0 Å². The lowest BCUT2D eigenvalue weighted by atomic mass is 10.5. The molecule has 2 heteroatoms. The molecule has 0 aliphatic heterocycles. The van der Waals surface area contributed by atoms with E-state index in [0.29, 0.717) is 9.38 Å². The summed E-state index contributed by atoms with van der Waals surface area (Å²) in [7, 11) is 0.415. The third-order valence-electron chi connectivity index (χ3n) is 0.408. The molecule has 35 valence electrons. The van der Waals surface area contributed by atoms with Crippen molar-refractivity contribution in [1.29, 1.82) is 0 Å². The first-order valence-corrected chi connectivity index (χ1v) is 3.17. The van der Waals surface area contributed by atoms with Gasteiger partial charge in [-0.2, -0.15) is 0 Å². The zero-order valence-electron chi connectivity index (χ0n) is 4.03. The molecule has 0 aromatic heterocycles. The van der Waals surface area contributed by atoms with Crippen LogP contribution in [0.2, 0.25) is 0 Å². The molecule has 0 saturated carbocycles. The van der Waals surface area contributed by atoms with Crippen LogP contribution in [0.3, 0.4) is 0 Å². The summed E-state index contributed by atoms with van der Waals surface area (Å²) in [5.74, 6) is 0. The first kappa shape index (κ1) is 5.89. The van der Waals surface area contributed by atoms with Gasteiger partial charge in [-0.15, -0.1) is 0 Å². The van der Waals surface area contributed by atoms with E-state index in [4.69, 9.17) is 4.43 Å². The van der Waals surface area contributed by atoms with E-state index in [1.165, 1.54) is 0 Å². The number of hydrogen-bond acceptors (Lipinski definition) is 1. The Morgan fingerprint density at radius 3 is 2.67 bits per heavy atom. The lowest BCUT2D eigenvalue weighted by Crippen LogP contribution is -1.88. The highest BCUT2D eigenvalue weighted by molar-refractivity contribution is 6.33. The van der Waals surface area contributed by atoms with Gasteiger partial charge >= 0.3 is 0 Å². The Hall–Kier alpha value is -0.113. The van der Waals surface area contributed by atoms with Crippen LogP contribution < -0.4 is 0 Å². The van der Waals surface area contributed by atoms with Crippen LogP contribution in [0.25, 0.3) is 0 Å². The van der Waals surface area contributed by atoms with Gasteiger partial charge in [-0.05, 0) is 6.42 Å². The Morgan fingerprint density at radius 2 is 2.50 bits per heavy atom. The molecular formula is C4H9OSi. The summed E-state index contributed by atoms with van der Waals surface area (Å²) in [6.45, 7) is 2.95. The zero-order valence-corrected chi connectivity index (χ0v) is 5.03. The largest absolute Gasteiger partial charge is 0.548 e. The van der Waals surface area contributed by atoms with Gasteiger partial charge in [0.2, 0.25) is 0 Å². The van der Waals surface area contributed by atoms with Crippen molar-refractivity contribution in [3.8, 4) is 0 Å². The van der Waals surface area contributed by atoms with Crippen molar-refractivity contribution in [1.82, 2.24) is 0 Å². The summed E-state index contributed by atoms with van der Waals surface area (Å²) >= 11 is 0. The fourth-order valence-corrected chi connectivity index (χ4v) is 0.523. The lowest BCUT2D eigenvalue weighted by Gasteiger charge is -1.90. The molecule has 1 radical (unpaired) electrons. The quantitative estimate of drug-likeness (QED) is 0.371. The highest BCUT2D eigenvalue weighted by Gasteiger charge is 1.69. The van der Waals surface area contributed by atoms with Crippen LogP contribution in [0, 0.1) is 0 Å². The summed E-state index contributed by atoms with van der Waals surface area (Å²) in [5.41, 5.74) is 0. The molecule has 0 heterocycles. The van der Waals surface area contributed by atoms with Crippen molar-refractivity contribution in [3.05, 3.63) is 0 Å². The molecule has 6 heavy (non-hydrogen) atoms. The van der Waals surface area contributed by atoms with Crippen LogP contribution >= 0.6 is 0 Å². The first-order chi connectivity index (χ1) is 2.91. The molecule has 0 unspecified atom stereocenters. The molecule has 0 saturated heterocycles. The van der Waals surface area contributed by atoms with E-state index >= 15 is 0 Å².